The topological polar surface area (TPSA) is 259 Å². The molecule has 6 amide bonds. The molecule has 0 aliphatic carbocycles. The number of para-hydroxylation sites is 1. The molecule has 2 aromatic carbocycles. The van der Waals surface area contributed by atoms with Gasteiger partial charge in [0.2, 0.25) is 35.4 Å². The normalized spacial score (nSPS) is 11.8. The molecule has 0 aliphatic heterocycles. The Kier molecular flexibility index (Phi) is 18.1. The van der Waals surface area contributed by atoms with Crippen LogP contribution in [0.25, 0.3) is 10.9 Å². The van der Waals surface area contributed by atoms with Crippen molar-refractivity contribution < 1.29 is 39.0 Å². The van der Waals surface area contributed by atoms with Crippen molar-refractivity contribution in [1.29, 1.82) is 0 Å². The Hall–Kier alpha value is -5.44. The quantitative estimate of drug-likeness (QED) is 0.133. The van der Waals surface area contributed by atoms with Crippen molar-refractivity contribution in [2.75, 3.05) is 13.1 Å². The van der Waals surface area contributed by atoms with E-state index in [2.05, 4.69) is 57.1 Å². The fraction of sp³-hybridized carbons (Fsp3) is 0.355. The largest absolute Gasteiger partial charge is 0.508 e. The zero-order valence-corrected chi connectivity index (χ0v) is 25.5. The molecule has 15 nitrogen and oxygen atoms in total. The number of phenolic OH excluding ortho intramolecular Hbond substituents is 1. The molecule has 252 valence electrons. The number of carbonyl (C=O) groups is 6. The lowest BCUT2D eigenvalue weighted by molar-refractivity contribution is -0.131. The summed E-state index contributed by atoms with van der Waals surface area (Å²) in [6, 6.07) is 12.1. The summed E-state index contributed by atoms with van der Waals surface area (Å²) in [6.45, 7) is 4.96. The summed E-state index contributed by atoms with van der Waals surface area (Å²) >= 11 is 0. The molecule has 3 aromatic rings. The number of nitrogens with two attached hydrogens (primary N) is 2. The smallest absolute Gasteiger partial charge is 0.243 e. The first-order chi connectivity index (χ1) is 21.1. The van der Waals surface area contributed by atoms with Gasteiger partial charge in [-0.25, -0.2) is 0 Å². The number of aliphatic hydroxyl groups is 1. The number of carbonyl (C=O) groups excluding carboxylic acids is 6. The van der Waals surface area contributed by atoms with Gasteiger partial charge in [0.05, 0.1) is 19.2 Å². The number of aromatic hydroxyl groups is 1. The number of fused-ring (bicyclic) bond motifs is 1. The number of phenols is 1. The Labute approximate surface area is 267 Å². The number of aromatic amines is 1. The lowest BCUT2D eigenvalue weighted by Gasteiger charge is -2.19. The summed E-state index contributed by atoms with van der Waals surface area (Å²) in [4.78, 5) is 71.0. The van der Waals surface area contributed by atoms with Gasteiger partial charge in [0.25, 0.3) is 0 Å². The van der Waals surface area contributed by atoms with Crippen LogP contribution in [0.3, 0.4) is 0 Å². The molecule has 3 atom stereocenters. The average Bonchev–Trinajstić information content (AvgIpc) is 3.34. The van der Waals surface area contributed by atoms with Gasteiger partial charge in [-0.15, -0.1) is 0 Å². The summed E-state index contributed by atoms with van der Waals surface area (Å²) in [5.74, 6) is -3.72. The van der Waals surface area contributed by atoms with E-state index in [4.69, 9.17) is 5.73 Å². The van der Waals surface area contributed by atoms with Crippen molar-refractivity contribution in [3.05, 3.63) is 65.9 Å². The molecule has 0 radical (unpaired) electrons. The highest BCUT2D eigenvalue weighted by Gasteiger charge is 2.24. The summed E-state index contributed by atoms with van der Waals surface area (Å²) in [7, 11) is 0. The van der Waals surface area contributed by atoms with Crippen molar-refractivity contribution in [3.63, 3.8) is 0 Å². The minimum atomic E-state index is -1.30. The van der Waals surface area contributed by atoms with Gasteiger partial charge in [-0.05, 0) is 43.2 Å². The van der Waals surface area contributed by atoms with Gasteiger partial charge in [0.1, 0.15) is 17.8 Å². The van der Waals surface area contributed by atoms with Gasteiger partial charge >= 0.3 is 0 Å². The molecule has 3 rings (SSSR count). The molecular formula is C31H45N7O8. The number of aliphatic hydroxyl groups excluding tert-OH is 1. The SMILES string of the molecule is C.CC(=O)N[C@H](Cc1ccc(O)cc1)C(=O)NCC(=O)NCC(=O)NC(C(N)=O)C(C)O.CC(N)=O.Cc1c[nH]c2ccccc12. The van der Waals surface area contributed by atoms with Crippen LogP contribution in [0.15, 0.2) is 54.7 Å². The second-order valence-corrected chi connectivity index (χ2v) is 9.93. The second-order valence-electron chi connectivity index (χ2n) is 9.93. The third-order valence-corrected chi connectivity index (χ3v) is 5.84. The minimum Gasteiger partial charge on any atom is -0.508 e. The van der Waals surface area contributed by atoms with Gasteiger partial charge in [-0.3, -0.25) is 28.8 Å². The van der Waals surface area contributed by atoms with E-state index in [1.807, 2.05) is 12.3 Å². The number of aromatic nitrogens is 1. The summed E-state index contributed by atoms with van der Waals surface area (Å²) in [5, 5.41) is 29.3. The number of aryl methyl sites for hydroxylation is 1. The van der Waals surface area contributed by atoms with E-state index >= 15 is 0 Å². The van der Waals surface area contributed by atoms with Crippen LogP contribution in [0.1, 0.15) is 39.3 Å². The van der Waals surface area contributed by atoms with Gasteiger partial charge in [-0.2, -0.15) is 0 Å². The molecule has 1 aromatic heterocycles. The van der Waals surface area contributed by atoms with E-state index in [-0.39, 0.29) is 25.5 Å². The van der Waals surface area contributed by atoms with Crippen LogP contribution in [-0.4, -0.2) is 81.9 Å². The van der Waals surface area contributed by atoms with Crippen molar-refractivity contribution in [2.24, 2.45) is 11.5 Å². The van der Waals surface area contributed by atoms with E-state index < -0.39 is 60.8 Å². The highest BCUT2D eigenvalue weighted by Crippen LogP contribution is 2.15. The van der Waals surface area contributed by atoms with Crippen LogP contribution in [0.4, 0.5) is 0 Å². The van der Waals surface area contributed by atoms with Gasteiger partial charge in [0.15, 0.2) is 0 Å². The first kappa shape index (κ1) is 40.6. The molecule has 46 heavy (non-hydrogen) atoms. The van der Waals surface area contributed by atoms with Crippen molar-refractivity contribution >= 4 is 46.3 Å². The molecular weight excluding hydrogens is 598 g/mol. The molecule has 2 unspecified atom stereocenters. The zero-order valence-electron chi connectivity index (χ0n) is 25.5. The van der Waals surface area contributed by atoms with E-state index in [1.165, 1.54) is 49.4 Å². The first-order valence-electron chi connectivity index (χ1n) is 13.8. The second kappa shape index (κ2) is 20.5. The molecule has 0 bridgehead atoms. The Morgan fingerprint density at radius 3 is 1.96 bits per heavy atom. The molecule has 1 heterocycles. The molecule has 15 heteroatoms. The van der Waals surface area contributed by atoms with Crippen LogP contribution < -0.4 is 32.7 Å². The Bertz CT molecular complexity index is 1450. The molecule has 0 saturated carbocycles. The number of primary amides is 2. The Balaban J connectivity index is 0.00000110. The maximum atomic E-state index is 12.4. The third-order valence-electron chi connectivity index (χ3n) is 5.84. The lowest BCUT2D eigenvalue weighted by atomic mass is 10.0. The van der Waals surface area contributed by atoms with Gasteiger partial charge in [-0.1, -0.05) is 37.8 Å². The molecule has 0 saturated heterocycles. The van der Waals surface area contributed by atoms with Gasteiger partial charge < -0.3 is 47.9 Å². The number of amides is 6. The van der Waals surface area contributed by atoms with Gasteiger partial charge in [0, 0.05) is 37.4 Å². The highest BCUT2D eigenvalue weighted by atomic mass is 16.3. The summed E-state index contributed by atoms with van der Waals surface area (Å²) in [6.07, 6.45) is 0.949. The van der Waals surface area contributed by atoms with E-state index in [0.717, 1.165) is 0 Å². The van der Waals surface area contributed by atoms with Crippen LogP contribution in [0.5, 0.6) is 5.75 Å². The summed E-state index contributed by atoms with van der Waals surface area (Å²) in [5.41, 5.74) is 12.7. The maximum Gasteiger partial charge on any atom is 0.243 e. The van der Waals surface area contributed by atoms with Crippen LogP contribution >= 0.6 is 0 Å². The van der Waals surface area contributed by atoms with Crippen LogP contribution in [-0.2, 0) is 35.2 Å². The van der Waals surface area contributed by atoms with E-state index in [1.54, 1.807) is 12.1 Å². The van der Waals surface area contributed by atoms with Crippen molar-refractivity contribution in [3.8, 4) is 5.75 Å². The zero-order chi connectivity index (χ0) is 34.1. The molecule has 0 spiro atoms. The number of hydrogen-bond donors (Lipinski definition) is 9. The third kappa shape index (κ3) is 15.9. The fourth-order valence-corrected chi connectivity index (χ4v) is 3.72. The van der Waals surface area contributed by atoms with Crippen LogP contribution in [0, 0.1) is 6.92 Å². The Morgan fingerprint density at radius 2 is 1.43 bits per heavy atom. The first-order valence-corrected chi connectivity index (χ1v) is 13.8. The maximum absolute atomic E-state index is 12.4. The molecule has 0 aliphatic rings. The van der Waals surface area contributed by atoms with Crippen molar-refractivity contribution in [1.82, 2.24) is 26.3 Å². The number of nitrogens with one attached hydrogen (secondary N) is 5. The standard InChI is InChI=1S/C19H27N5O7.C9H9N.C2H5NO.CH4/c1-10(25)17(18(20)30)24-16(29)9-21-15(28)8-22-19(31)14(23-11(2)26)7-12-3-5-13(27)6-4-12;1-7-6-10-9-5-3-2-4-8(7)9;1-2(3)4;/h3-6,10,14,17,25,27H,7-9H2,1-2H3,(H2,20,30)(H,21,28)(H,22,31)(H,23,26)(H,24,29);2-6,10H,1H3;1H3,(H2,3,4);1H4/t10?,14-,17?;;;/m1.../s1. The number of benzene rings is 2. The monoisotopic (exact) mass is 643 g/mol. The number of hydrogen-bond acceptors (Lipinski definition) is 8. The van der Waals surface area contributed by atoms with E-state index in [0.29, 0.717) is 5.56 Å². The molecule has 0 fully saturated rings. The fourth-order valence-electron chi connectivity index (χ4n) is 3.72. The minimum absolute atomic E-state index is 0. The van der Waals surface area contributed by atoms with E-state index in [9.17, 15) is 39.0 Å². The number of rotatable bonds is 11. The predicted molar refractivity (Wildman–Crippen MR) is 173 cm³/mol. The average molecular weight is 644 g/mol. The Morgan fingerprint density at radius 1 is 0.870 bits per heavy atom. The van der Waals surface area contributed by atoms with Crippen LogP contribution in [0.2, 0.25) is 0 Å². The number of H-pyrrole nitrogens is 1. The summed E-state index contributed by atoms with van der Waals surface area (Å²) < 4.78 is 0. The molecule has 11 N–H and O–H groups in total. The lowest BCUT2D eigenvalue weighted by Crippen LogP contribution is -2.53. The van der Waals surface area contributed by atoms with Crippen molar-refractivity contribution in [2.45, 2.75) is 59.7 Å². The predicted octanol–water partition coefficient (Wildman–Crippen LogP) is -0.373. The highest BCUT2D eigenvalue weighted by molar-refractivity contribution is 5.92.